The summed E-state index contributed by atoms with van der Waals surface area (Å²) in [6, 6.07) is 7.31. The molecule has 25 heavy (non-hydrogen) atoms. The van der Waals surface area contributed by atoms with E-state index in [4.69, 9.17) is 4.74 Å². The van der Waals surface area contributed by atoms with Gasteiger partial charge in [-0.05, 0) is 26.0 Å². The van der Waals surface area contributed by atoms with Crippen LogP contribution >= 0.6 is 11.8 Å². The second kappa shape index (κ2) is 7.57. The van der Waals surface area contributed by atoms with Gasteiger partial charge in [0.05, 0.1) is 0 Å². The summed E-state index contributed by atoms with van der Waals surface area (Å²) in [5.74, 6) is -1.23. The number of rotatable bonds is 5. The standard InChI is InChI=1S/C16H18N2O5S.Na/c1-16(2)12(15(21)22)18-13(20)11(14(18)24-16)17-10(19)8-23-9-6-4-3-5-7-9;/h3-7,11-12,14H,8H2,1-2H3,(H,17,19)(H,21,22);/t11-,12+,14-;/m1./s1. The average Bonchev–Trinajstić information content (AvgIpc) is 2.80. The molecule has 0 aromatic heterocycles. The third-order valence-corrected chi connectivity index (χ3v) is 5.68. The summed E-state index contributed by atoms with van der Waals surface area (Å²) in [5.41, 5.74) is 0. The number of carboxylic acid groups (broad SMARTS) is 1. The van der Waals surface area contributed by atoms with Crippen molar-refractivity contribution in [1.82, 2.24) is 10.2 Å². The molecule has 2 N–H and O–H groups in total. The van der Waals surface area contributed by atoms with E-state index in [0.717, 1.165) is 0 Å². The van der Waals surface area contributed by atoms with Crippen LogP contribution in [0.3, 0.4) is 0 Å². The molecule has 9 heteroatoms. The SMILES string of the molecule is CC1(C)S[C@@H]2[C@H](NC(=O)COc3ccccc3)C(=O)N2[C@H]1C(=O)O.[Na]. The number of amides is 2. The van der Waals surface area contributed by atoms with Crippen LogP contribution in [0.5, 0.6) is 5.75 Å². The van der Waals surface area contributed by atoms with Gasteiger partial charge in [0.25, 0.3) is 5.91 Å². The third kappa shape index (κ3) is 3.81. The summed E-state index contributed by atoms with van der Waals surface area (Å²) in [5, 5.41) is 11.6. The van der Waals surface area contributed by atoms with Crippen LogP contribution < -0.4 is 10.1 Å². The predicted molar refractivity (Wildman–Crippen MR) is 93.3 cm³/mol. The molecule has 2 heterocycles. The summed E-state index contributed by atoms with van der Waals surface area (Å²) in [6.07, 6.45) is 0. The van der Waals surface area contributed by atoms with Gasteiger partial charge in [-0.3, -0.25) is 9.59 Å². The number of carboxylic acids is 1. The first kappa shape index (κ1) is 20.1. The van der Waals surface area contributed by atoms with Crippen molar-refractivity contribution in [2.45, 2.75) is 36.1 Å². The topological polar surface area (TPSA) is 95.9 Å². The number of carbonyl (C=O) groups is 3. The Labute approximate surface area is 171 Å². The van der Waals surface area contributed by atoms with E-state index >= 15 is 0 Å². The van der Waals surface area contributed by atoms with Crippen molar-refractivity contribution in [3.63, 3.8) is 0 Å². The molecule has 0 spiro atoms. The summed E-state index contributed by atoms with van der Waals surface area (Å²) >= 11 is 1.39. The minimum atomic E-state index is -1.03. The number of β-lactam (4-membered cyclic amide) rings is 1. The fraction of sp³-hybridized carbons (Fsp3) is 0.438. The molecule has 2 aliphatic heterocycles. The molecule has 2 fully saturated rings. The fourth-order valence-electron chi connectivity index (χ4n) is 3.03. The number of nitrogens with one attached hydrogen (secondary N) is 1. The number of hydrogen-bond donors (Lipinski definition) is 2. The zero-order valence-corrected chi connectivity index (χ0v) is 17.1. The smallest absolute Gasteiger partial charge is 0.327 e. The number of ether oxygens (including phenoxy) is 1. The van der Waals surface area contributed by atoms with Crippen molar-refractivity contribution < 1.29 is 24.2 Å². The van der Waals surface area contributed by atoms with E-state index in [-0.39, 0.29) is 47.4 Å². The van der Waals surface area contributed by atoms with E-state index in [1.165, 1.54) is 16.7 Å². The van der Waals surface area contributed by atoms with Crippen molar-refractivity contribution in [3.05, 3.63) is 30.3 Å². The van der Waals surface area contributed by atoms with E-state index in [9.17, 15) is 19.5 Å². The van der Waals surface area contributed by atoms with Gasteiger partial charge in [0.1, 0.15) is 23.2 Å². The molecule has 2 aliphatic rings. The van der Waals surface area contributed by atoms with Crippen molar-refractivity contribution in [3.8, 4) is 5.75 Å². The minimum absolute atomic E-state index is 0. The zero-order valence-electron chi connectivity index (χ0n) is 14.3. The molecule has 1 radical (unpaired) electrons. The number of thioether (sulfide) groups is 1. The predicted octanol–water partition coefficient (Wildman–Crippen LogP) is 0.316. The number of carbonyl (C=O) groups excluding carboxylic acids is 2. The Hall–Kier alpha value is -1.22. The summed E-state index contributed by atoms with van der Waals surface area (Å²) in [6.45, 7) is 3.38. The second-order valence-electron chi connectivity index (χ2n) is 6.25. The molecule has 0 aliphatic carbocycles. The number of nitrogens with zero attached hydrogens (tertiary/aromatic N) is 1. The van der Waals surface area contributed by atoms with Crippen LogP contribution in [0.1, 0.15) is 13.8 Å². The van der Waals surface area contributed by atoms with Crippen LogP contribution in [0.25, 0.3) is 0 Å². The summed E-state index contributed by atoms with van der Waals surface area (Å²) in [7, 11) is 0. The third-order valence-electron chi connectivity index (χ3n) is 4.10. The Morgan fingerprint density at radius 3 is 2.56 bits per heavy atom. The minimum Gasteiger partial charge on any atom is -0.484 e. The molecule has 3 atom stereocenters. The Bertz CT molecular complexity index is 684. The van der Waals surface area contributed by atoms with E-state index in [1.807, 2.05) is 6.07 Å². The van der Waals surface area contributed by atoms with Crippen LogP contribution in [0.4, 0.5) is 0 Å². The molecule has 3 rings (SSSR count). The molecule has 7 nitrogen and oxygen atoms in total. The molecule has 2 saturated heterocycles. The van der Waals surface area contributed by atoms with Gasteiger partial charge in [-0.25, -0.2) is 4.79 Å². The van der Waals surface area contributed by atoms with Gasteiger partial charge >= 0.3 is 5.97 Å². The monoisotopic (exact) mass is 373 g/mol. The number of fused-ring (bicyclic) bond motifs is 1. The Morgan fingerprint density at radius 2 is 1.96 bits per heavy atom. The van der Waals surface area contributed by atoms with Gasteiger partial charge in [0.2, 0.25) is 5.91 Å². The first-order valence-corrected chi connectivity index (χ1v) is 8.39. The molecule has 0 unspecified atom stereocenters. The Morgan fingerprint density at radius 1 is 1.32 bits per heavy atom. The molecular weight excluding hydrogens is 355 g/mol. The second-order valence-corrected chi connectivity index (χ2v) is 8.02. The molecular formula is C16H18N2NaO5S. The van der Waals surface area contributed by atoms with E-state index in [0.29, 0.717) is 5.75 Å². The molecule has 1 aromatic carbocycles. The first-order valence-electron chi connectivity index (χ1n) is 7.51. The molecule has 129 valence electrons. The van der Waals surface area contributed by atoms with Crippen molar-refractivity contribution >= 4 is 59.1 Å². The maximum absolute atomic E-state index is 12.2. The van der Waals surface area contributed by atoms with Crippen LogP contribution in [0.2, 0.25) is 0 Å². The fourth-order valence-corrected chi connectivity index (χ4v) is 4.65. The largest absolute Gasteiger partial charge is 0.484 e. The Kier molecular flexibility index (Phi) is 6.09. The van der Waals surface area contributed by atoms with Gasteiger partial charge < -0.3 is 20.1 Å². The van der Waals surface area contributed by atoms with Crippen LogP contribution in [0, 0.1) is 0 Å². The van der Waals surface area contributed by atoms with Crippen molar-refractivity contribution in [1.29, 1.82) is 0 Å². The summed E-state index contributed by atoms with van der Waals surface area (Å²) in [4.78, 5) is 37.0. The molecule has 0 bridgehead atoms. The summed E-state index contributed by atoms with van der Waals surface area (Å²) < 4.78 is 4.74. The number of hydrogen-bond acceptors (Lipinski definition) is 5. The molecule has 0 saturated carbocycles. The van der Waals surface area contributed by atoms with Gasteiger partial charge in [-0.1, -0.05) is 18.2 Å². The van der Waals surface area contributed by atoms with Gasteiger partial charge in [-0.2, -0.15) is 0 Å². The zero-order chi connectivity index (χ0) is 17.5. The van der Waals surface area contributed by atoms with E-state index in [1.54, 1.807) is 38.1 Å². The first-order chi connectivity index (χ1) is 11.3. The maximum Gasteiger partial charge on any atom is 0.327 e. The maximum atomic E-state index is 12.2. The average molecular weight is 373 g/mol. The van der Waals surface area contributed by atoms with Gasteiger partial charge in [0, 0.05) is 34.3 Å². The van der Waals surface area contributed by atoms with Gasteiger partial charge in [-0.15, -0.1) is 11.8 Å². The molecule has 1 aromatic rings. The van der Waals surface area contributed by atoms with Crippen LogP contribution in [-0.4, -0.2) is 86.2 Å². The quantitative estimate of drug-likeness (QED) is 0.570. The Balaban J connectivity index is 0.00000225. The normalized spacial score (nSPS) is 26.1. The van der Waals surface area contributed by atoms with E-state index in [2.05, 4.69) is 5.32 Å². The van der Waals surface area contributed by atoms with Gasteiger partial charge in [0.15, 0.2) is 6.61 Å². The van der Waals surface area contributed by atoms with Crippen molar-refractivity contribution in [2.75, 3.05) is 6.61 Å². The number of para-hydroxylation sites is 1. The number of aliphatic carboxylic acids is 1. The van der Waals surface area contributed by atoms with Crippen LogP contribution in [-0.2, 0) is 14.4 Å². The molecule has 2 amide bonds. The van der Waals surface area contributed by atoms with Crippen molar-refractivity contribution in [2.24, 2.45) is 0 Å². The number of benzene rings is 1. The van der Waals surface area contributed by atoms with E-state index < -0.39 is 28.7 Å². The van der Waals surface area contributed by atoms with Crippen LogP contribution in [0.15, 0.2) is 30.3 Å².